The van der Waals surface area contributed by atoms with Crippen LogP contribution in [0, 0.1) is 6.92 Å². The van der Waals surface area contributed by atoms with Crippen LogP contribution in [0.15, 0.2) is 48.7 Å². The standard InChI is InChI=1S/C17H22N2/c1-14-8-11-17(19-12-14)13-18-15(2)9-10-16-6-4-3-5-7-16/h3-8,11-12,15,18H,9-10,13H2,1-2H3. The van der Waals surface area contributed by atoms with Gasteiger partial charge in [-0.1, -0.05) is 36.4 Å². The molecule has 0 aliphatic heterocycles. The zero-order chi connectivity index (χ0) is 13.5. The first kappa shape index (κ1) is 13.8. The molecular weight excluding hydrogens is 232 g/mol. The highest BCUT2D eigenvalue weighted by molar-refractivity contribution is 5.15. The molecule has 0 aliphatic rings. The van der Waals surface area contributed by atoms with Crippen LogP contribution in [0.1, 0.15) is 30.2 Å². The molecule has 0 saturated carbocycles. The van der Waals surface area contributed by atoms with Crippen molar-refractivity contribution < 1.29 is 0 Å². The number of hydrogen-bond donors (Lipinski definition) is 1. The van der Waals surface area contributed by atoms with Crippen molar-refractivity contribution in [3.8, 4) is 0 Å². The van der Waals surface area contributed by atoms with Gasteiger partial charge in [-0.15, -0.1) is 0 Å². The normalized spacial score (nSPS) is 12.3. The van der Waals surface area contributed by atoms with E-state index in [1.807, 2.05) is 6.20 Å². The Morgan fingerprint density at radius 1 is 1.11 bits per heavy atom. The summed E-state index contributed by atoms with van der Waals surface area (Å²) in [5, 5.41) is 3.53. The number of hydrogen-bond acceptors (Lipinski definition) is 2. The van der Waals surface area contributed by atoms with Gasteiger partial charge >= 0.3 is 0 Å². The van der Waals surface area contributed by atoms with Crippen molar-refractivity contribution in [3.63, 3.8) is 0 Å². The van der Waals surface area contributed by atoms with Crippen LogP contribution < -0.4 is 5.32 Å². The van der Waals surface area contributed by atoms with Crippen molar-refractivity contribution in [2.45, 2.75) is 39.3 Å². The highest BCUT2D eigenvalue weighted by Crippen LogP contribution is 2.05. The Hall–Kier alpha value is -1.67. The van der Waals surface area contributed by atoms with Gasteiger partial charge in [-0.2, -0.15) is 0 Å². The van der Waals surface area contributed by atoms with Crippen molar-refractivity contribution >= 4 is 0 Å². The van der Waals surface area contributed by atoms with Crippen LogP contribution >= 0.6 is 0 Å². The fraction of sp³-hybridized carbons (Fsp3) is 0.353. The molecule has 2 rings (SSSR count). The second kappa shape index (κ2) is 7.05. The predicted octanol–water partition coefficient (Wildman–Crippen LogP) is 3.50. The minimum atomic E-state index is 0.503. The predicted molar refractivity (Wildman–Crippen MR) is 80.0 cm³/mol. The lowest BCUT2D eigenvalue weighted by Gasteiger charge is -2.13. The van der Waals surface area contributed by atoms with Crippen LogP contribution in [-0.4, -0.2) is 11.0 Å². The zero-order valence-electron chi connectivity index (χ0n) is 11.8. The topological polar surface area (TPSA) is 24.9 Å². The first-order valence-electron chi connectivity index (χ1n) is 6.93. The van der Waals surface area contributed by atoms with E-state index < -0.39 is 0 Å². The highest BCUT2D eigenvalue weighted by atomic mass is 14.9. The fourth-order valence-electron chi connectivity index (χ4n) is 2.01. The molecule has 1 unspecified atom stereocenters. The maximum Gasteiger partial charge on any atom is 0.0541 e. The summed E-state index contributed by atoms with van der Waals surface area (Å²) in [6.07, 6.45) is 4.19. The summed E-state index contributed by atoms with van der Waals surface area (Å²) in [4.78, 5) is 4.41. The van der Waals surface area contributed by atoms with Gasteiger partial charge in [0.15, 0.2) is 0 Å². The smallest absolute Gasteiger partial charge is 0.0541 e. The van der Waals surface area contributed by atoms with Gasteiger partial charge < -0.3 is 5.32 Å². The van der Waals surface area contributed by atoms with Crippen LogP contribution in [0.5, 0.6) is 0 Å². The first-order chi connectivity index (χ1) is 9.24. The summed E-state index contributed by atoms with van der Waals surface area (Å²) in [5.41, 5.74) is 3.72. The lowest BCUT2D eigenvalue weighted by atomic mass is 10.1. The van der Waals surface area contributed by atoms with Crippen LogP contribution in [0.4, 0.5) is 0 Å². The van der Waals surface area contributed by atoms with E-state index in [1.165, 1.54) is 11.1 Å². The zero-order valence-corrected chi connectivity index (χ0v) is 11.8. The Morgan fingerprint density at radius 2 is 1.89 bits per heavy atom. The molecule has 0 saturated heterocycles. The third-order valence-electron chi connectivity index (χ3n) is 3.31. The largest absolute Gasteiger partial charge is 0.309 e. The van der Waals surface area contributed by atoms with Gasteiger partial charge in [-0.05, 0) is 43.9 Å². The molecule has 19 heavy (non-hydrogen) atoms. The molecule has 1 atom stereocenters. The molecular formula is C17H22N2. The van der Waals surface area contributed by atoms with Crippen molar-refractivity contribution in [2.75, 3.05) is 0 Å². The number of nitrogens with zero attached hydrogens (tertiary/aromatic N) is 1. The average Bonchev–Trinajstić information content (AvgIpc) is 2.45. The average molecular weight is 254 g/mol. The second-order valence-corrected chi connectivity index (χ2v) is 5.13. The van der Waals surface area contributed by atoms with E-state index >= 15 is 0 Å². The summed E-state index contributed by atoms with van der Waals surface area (Å²) in [5.74, 6) is 0. The van der Waals surface area contributed by atoms with E-state index in [2.05, 4.69) is 66.6 Å². The van der Waals surface area contributed by atoms with Gasteiger partial charge in [0, 0.05) is 18.8 Å². The Bertz CT molecular complexity index is 476. The Balaban J connectivity index is 1.72. The van der Waals surface area contributed by atoms with Crippen LogP contribution in [0.2, 0.25) is 0 Å². The van der Waals surface area contributed by atoms with E-state index in [0.717, 1.165) is 25.1 Å². The Morgan fingerprint density at radius 3 is 2.58 bits per heavy atom. The number of aryl methyl sites for hydroxylation is 2. The summed E-state index contributed by atoms with van der Waals surface area (Å²) in [7, 11) is 0. The van der Waals surface area contributed by atoms with Crippen LogP contribution in [0.25, 0.3) is 0 Å². The van der Waals surface area contributed by atoms with Crippen molar-refractivity contribution in [1.29, 1.82) is 0 Å². The van der Waals surface area contributed by atoms with Gasteiger partial charge in [0.05, 0.1) is 5.69 Å². The molecule has 0 amide bonds. The van der Waals surface area contributed by atoms with Gasteiger partial charge in [0.25, 0.3) is 0 Å². The molecule has 1 aromatic carbocycles. The quantitative estimate of drug-likeness (QED) is 0.853. The maximum absolute atomic E-state index is 4.41. The Kier molecular flexibility index (Phi) is 5.10. The van der Waals surface area contributed by atoms with Crippen molar-refractivity contribution in [1.82, 2.24) is 10.3 Å². The van der Waals surface area contributed by atoms with E-state index in [-0.39, 0.29) is 0 Å². The molecule has 0 radical (unpaired) electrons. The van der Waals surface area contributed by atoms with E-state index in [1.54, 1.807) is 0 Å². The second-order valence-electron chi connectivity index (χ2n) is 5.13. The Labute approximate surface area is 115 Å². The van der Waals surface area contributed by atoms with Gasteiger partial charge in [0.2, 0.25) is 0 Å². The molecule has 2 aromatic rings. The summed E-state index contributed by atoms with van der Waals surface area (Å²) < 4.78 is 0. The molecule has 0 bridgehead atoms. The SMILES string of the molecule is Cc1ccc(CNC(C)CCc2ccccc2)nc1. The summed E-state index contributed by atoms with van der Waals surface area (Å²) >= 11 is 0. The monoisotopic (exact) mass is 254 g/mol. The molecule has 2 heteroatoms. The molecule has 0 fully saturated rings. The number of pyridine rings is 1. The molecule has 1 aromatic heterocycles. The summed E-state index contributed by atoms with van der Waals surface area (Å²) in [6, 6.07) is 15.3. The first-order valence-corrected chi connectivity index (χ1v) is 6.93. The third-order valence-corrected chi connectivity index (χ3v) is 3.31. The lowest BCUT2D eigenvalue weighted by Crippen LogP contribution is -2.26. The van der Waals surface area contributed by atoms with Crippen molar-refractivity contribution in [2.24, 2.45) is 0 Å². The maximum atomic E-state index is 4.41. The summed E-state index contributed by atoms with van der Waals surface area (Å²) in [6.45, 7) is 5.14. The molecule has 0 spiro atoms. The number of benzene rings is 1. The van der Waals surface area contributed by atoms with Crippen LogP contribution in [0.3, 0.4) is 0 Å². The van der Waals surface area contributed by atoms with E-state index in [9.17, 15) is 0 Å². The fourth-order valence-corrected chi connectivity index (χ4v) is 2.01. The molecule has 1 N–H and O–H groups in total. The minimum Gasteiger partial charge on any atom is -0.309 e. The van der Waals surface area contributed by atoms with E-state index in [4.69, 9.17) is 0 Å². The number of rotatable bonds is 6. The highest BCUT2D eigenvalue weighted by Gasteiger charge is 2.02. The van der Waals surface area contributed by atoms with Gasteiger partial charge in [-0.3, -0.25) is 4.98 Å². The molecule has 1 heterocycles. The minimum absolute atomic E-state index is 0.503. The van der Waals surface area contributed by atoms with Gasteiger partial charge in [-0.25, -0.2) is 0 Å². The van der Waals surface area contributed by atoms with Crippen molar-refractivity contribution in [3.05, 3.63) is 65.5 Å². The number of aromatic nitrogens is 1. The third kappa shape index (κ3) is 4.84. The van der Waals surface area contributed by atoms with Crippen LogP contribution in [-0.2, 0) is 13.0 Å². The lowest BCUT2D eigenvalue weighted by molar-refractivity contribution is 0.510. The van der Waals surface area contributed by atoms with Gasteiger partial charge in [0.1, 0.15) is 0 Å². The molecule has 2 nitrogen and oxygen atoms in total. The van der Waals surface area contributed by atoms with E-state index in [0.29, 0.717) is 6.04 Å². The molecule has 0 aliphatic carbocycles. The molecule has 100 valence electrons. The number of nitrogens with one attached hydrogen (secondary N) is 1.